The van der Waals surface area contributed by atoms with Crippen molar-refractivity contribution in [1.29, 1.82) is 0 Å². The summed E-state index contributed by atoms with van der Waals surface area (Å²) in [7, 11) is 1.44. The van der Waals surface area contributed by atoms with Crippen molar-refractivity contribution in [3.8, 4) is 5.75 Å². The topological polar surface area (TPSA) is 38.8 Å². The maximum absolute atomic E-state index is 11.4. The minimum Gasteiger partial charge on any atom is -0.492 e. The van der Waals surface area contributed by atoms with Gasteiger partial charge in [0.1, 0.15) is 12.4 Å². The molecule has 104 valence electrons. The van der Waals surface area contributed by atoms with Gasteiger partial charge < -0.3 is 9.47 Å². The van der Waals surface area contributed by atoms with Crippen molar-refractivity contribution in [2.45, 2.75) is 6.42 Å². The predicted octanol–water partition coefficient (Wildman–Crippen LogP) is 2.21. The van der Waals surface area contributed by atoms with Gasteiger partial charge in [0.2, 0.25) is 0 Å². The van der Waals surface area contributed by atoms with Crippen molar-refractivity contribution >= 4 is 17.6 Å². The van der Waals surface area contributed by atoms with Gasteiger partial charge >= 0.3 is 5.97 Å². The standard InChI is InChI=1S/C14H18ClNO3/c1-18-14(17)11-6-7-16(10-11)8-9-19-13-4-2-12(15)3-5-13/h2-5,11H,6-10H2,1H3. The quantitative estimate of drug-likeness (QED) is 0.777. The maximum Gasteiger partial charge on any atom is 0.310 e. The second-order valence-corrected chi connectivity index (χ2v) is 5.05. The molecule has 0 bridgehead atoms. The van der Waals surface area contributed by atoms with E-state index in [-0.39, 0.29) is 11.9 Å². The van der Waals surface area contributed by atoms with E-state index in [1.165, 1.54) is 7.11 Å². The number of carbonyl (C=O) groups excluding carboxylic acids is 1. The Balaban J connectivity index is 1.69. The maximum atomic E-state index is 11.4. The van der Waals surface area contributed by atoms with Crippen LogP contribution >= 0.6 is 11.6 Å². The Labute approximate surface area is 118 Å². The number of ether oxygens (including phenoxy) is 2. The van der Waals surface area contributed by atoms with Crippen LogP contribution in [-0.4, -0.2) is 44.2 Å². The second-order valence-electron chi connectivity index (χ2n) is 4.61. The molecule has 0 radical (unpaired) electrons. The van der Waals surface area contributed by atoms with Crippen LogP contribution in [-0.2, 0) is 9.53 Å². The molecule has 0 aromatic heterocycles. The number of hydrogen-bond donors (Lipinski definition) is 0. The lowest BCUT2D eigenvalue weighted by atomic mass is 10.1. The molecule has 1 aliphatic heterocycles. The first-order valence-corrected chi connectivity index (χ1v) is 6.75. The van der Waals surface area contributed by atoms with Crippen molar-refractivity contribution in [2.24, 2.45) is 5.92 Å². The van der Waals surface area contributed by atoms with E-state index in [4.69, 9.17) is 21.1 Å². The van der Waals surface area contributed by atoms with Crippen LogP contribution < -0.4 is 4.74 Å². The highest BCUT2D eigenvalue weighted by Gasteiger charge is 2.28. The fourth-order valence-corrected chi connectivity index (χ4v) is 2.34. The molecule has 1 unspecified atom stereocenters. The van der Waals surface area contributed by atoms with Gasteiger partial charge in [-0.1, -0.05) is 11.6 Å². The lowest BCUT2D eigenvalue weighted by Gasteiger charge is -2.15. The SMILES string of the molecule is COC(=O)C1CCN(CCOc2ccc(Cl)cc2)C1. The zero-order valence-electron chi connectivity index (χ0n) is 11.0. The van der Waals surface area contributed by atoms with Gasteiger partial charge in [-0.2, -0.15) is 0 Å². The number of hydrogen-bond acceptors (Lipinski definition) is 4. The summed E-state index contributed by atoms with van der Waals surface area (Å²) in [6, 6.07) is 7.31. The van der Waals surface area contributed by atoms with Crippen molar-refractivity contribution in [3.63, 3.8) is 0 Å². The highest BCUT2D eigenvalue weighted by molar-refractivity contribution is 6.30. The van der Waals surface area contributed by atoms with Crippen LogP contribution in [0.2, 0.25) is 5.02 Å². The van der Waals surface area contributed by atoms with Crippen molar-refractivity contribution in [1.82, 2.24) is 4.90 Å². The summed E-state index contributed by atoms with van der Waals surface area (Å²) < 4.78 is 10.4. The number of methoxy groups -OCH3 is 1. The van der Waals surface area contributed by atoms with Crippen LogP contribution in [0.25, 0.3) is 0 Å². The first-order chi connectivity index (χ1) is 9.19. The van der Waals surface area contributed by atoms with Crippen molar-refractivity contribution in [3.05, 3.63) is 29.3 Å². The molecule has 1 saturated heterocycles. The van der Waals surface area contributed by atoms with E-state index in [2.05, 4.69) is 4.90 Å². The summed E-state index contributed by atoms with van der Waals surface area (Å²) in [6.45, 7) is 3.10. The molecule has 1 fully saturated rings. The third-order valence-electron chi connectivity index (χ3n) is 3.30. The minimum absolute atomic E-state index is 0.0144. The Bertz CT molecular complexity index is 421. The lowest BCUT2D eigenvalue weighted by Crippen LogP contribution is -2.28. The average molecular weight is 284 g/mol. The van der Waals surface area contributed by atoms with E-state index in [9.17, 15) is 4.79 Å². The Morgan fingerprint density at radius 3 is 2.84 bits per heavy atom. The molecular formula is C14H18ClNO3. The molecule has 0 N–H and O–H groups in total. The number of halogens is 1. The summed E-state index contributed by atoms with van der Waals surface area (Å²) in [6.07, 6.45) is 0.869. The number of carbonyl (C=O) groups is 1. The molecule has 0 saturated carbocycles. The van der Waals surface area contributed by atoms with E-state index in [1.54, 1.807) is 12.1 Å². The zero-order chi connectivity index (χ0) is 13.7. The molecule has 2 rings (SSSR count). The van der Waals surface area contributed by atoms with E-state index in [1.807, 2.05) is 12.1 Å². The number of esters is 1. The number of nitrogens with zero attached hydrogens (tertiary/aromatic N) is 1. The molecule has 0 spiro atoms. The van der Waals surface area contributed by atoms with Crippen LogP contribution in [0, 0.1) is 5.92 Å². The van der Waals surface area contributed by atoms with Gasteiger partial charge in [-0.05, 0) is 37.2 Å². The summed E-state index contributed by atoms with van der Waals surface area (Å²) in [5.74, 6) is 0.717. The highest BCUT2D eigenvalue weighted by atomic mass is 35.5. The minimum atomic E-state index is -0.110. The molecule has 4 nitrogen and oxygen atoms in total. The number of benzene rings is 1. The molecule has 1 heterocycles. The van der Waals surface area contributed by atoms with E-state index in [0.717, 1.165) is 31.8 Å². The second kappa shape index (κ2) is 6.78. The van der Waals surface area contributed by atoms with Crippen molar-refractivity contribution < 1.29 is 14.3 Å². The lowest BCUT2D eigenvalue weighted by molar-refractivity contribution is -0.144. The molecule has 0 aliphatic carbocycles. The van der Waals surface area contributed by atoms with Crippen molar-refractivity contribution in [2.75, 3.05) is 33.4 Å². The highest BCUT2D eigenvalue weighted by Crippen LogP contribution is 2.18. The van der Waals surface area contributed by atoms with Crippen LogP contribution in [0.5, 0.6) is 5.75 Å². The normalized spacial score (nSPS) is 19.4. The molecule has 1 atom stereocenters. The first-order valence-electron chi connectivity index (χ1n) is 6.37. The summed E-state index contributed by atoms with van der Waals surface area (Å²) in [5, 5.41) is 0.702. The summed E-state index contributed by atoms with van der Waals surface area (Å²) in [5.41, 5.74) is 0. The molecule has 1 aliphatic rings. The Morgan fingerprint density at radius 2 is 2.16 bits per heavy atom. The summed E-state index contributed by atoms with van der Waals surface area (Å²) >= 11 is 5.80. The van der Waals surface area contributed by atoms with Crippen LogP contribution in [0.15, 0.2) is 24.3 Å². The third-order valence-corrected chi connectivity index (χ3v) is 3.55. The van der Waals surface area contributed by atoms with Gasteiger partial charge in [-0.15, -0.1) is 0 Å². The Hall–Kier alpha value is -1.26. The van der Waals surface area contributed by atoms with Gasteiger partial charge in [0.25, 0.3) is 0 Å². The first kappa shape index (κ1) is 14.2. The van der Waals surface area contributed by atoms with E-state index in [0.29, 0.717) is 11.6 Å². The molecule has 0 amide bonds. The average Bonchev–Trinajstić information content (AvgIpc) is 2.89. The van der Waals surface area contributed by atoms with Gasteiger partial charge in [0, 0.05) is 18.1 Å². The van der Waals surface area contributed by atoms with Crippen LogP contribution in [0.3, 0.4) is 0 Å². The molecule has 19 heavy (non-hydrogen) atoms. The Kier molecular flexibility index (Phi) is 5.05. The molecular weight excluding hydrogens is 266 g/mol. The Morgan fingerprint density at radius 1 is 1.42 bits per heavy atom. The van der Waals surface area contributed by atoms with Crippen LogP contribution in [0.4, 0.5) is 0 Å². The van der Waals surface area contributed by atoms with E-state index >= 15 is 0 Å². The molecule has 1 aromatic carbocycles. The van der Waals surface area contributed by atoms with Gasteiger partial charge in [0.15, 0.2) is 0 Å². The third kappa shape index (κ3) is 4.11. The summed E-state index contributed by atoms with van der Waals surface area (Å²) in [4.78, 5) is 13.6. The molecule has 5 heteroatoms. The number of rotatable bonds is 5. The monoisotopic (exact) mass is 283 g/mol. The van der Waals surface area contributed by atoms with Gasteiger partial charge in [-0.25, -0.2) is 0 Å². The molecule has 1 aromatic rings. The number of likely N-dealkylation sites (tertiary alicyclic amines) is 1. The predicted molar refractivity (Wildman–Crippen MR) is 73.5 cm³/mol. The fraction of sp³-hybridized carbons (Fsp3) is 0.500. The zero-order valence-corrected chi connectivity index (χ0v) is 11.7. The van der Waals surface area contributed by atoms with Crippen LogP contribution in [0.1, 0.15) is 6.42 Å². The fourth-order valence-electron chi connectivity index (χ4n) is 2.22. The largest absolute Gasteiger partial charge is 0.492 e. The van der Waals surface area contributed by atoms with Gasteiger partial charge in [-0.3, -0.25) is 9.69 Å². The van der Waals surface area contributed by atoms with E-state index < -0.39 is 0 Å². The van der Waals surface area contributed by atoms with Gasteiger partial charge in [0.05, 0.1) is 13.0 Å². The smallest absolute Gasteiger partial charge is 0.310 e.